The Labute approximate surface area is 104 Å². The maximum Gasteiger partial charge on any atom is 0.0593 e. The number of hydrogen-bond donors (Lipinski definition) is 1. The molecule has 4 nitrogen and oxygen atoms in total. The largest absolute Gasteiger partial charge is 0.381 e. The zero-order chi connectivity index (χ0) is 12.1. The smallest absolute Gasteiger partial charge is 0.0593 e. The molecule has 2 aliphatic rings. The Morgan fingerprint density at radius 2 is 2.24 bits per heavy atom. The number of nitrogens with zero attached hydrogens (tertiary/aromatic N) is 1. The minimum absolute atomic E-state index is 0.159. The van der Waals surface area contributed by atoms with E-state index in [0.717, 1.165) is 45.7 Å². The maximum absolute atomic E-state index is 6.10. The summed E-state index contributed by atoms with van der Waals surface area (Å²) in [6.07, 6.45) is 6.22. The van der Waals surface area contributed by atoms with Gasteiger partial charge in [0.05, 0.1) is 12.7 Å². The molecule has 1 saturated carbocycles. The molecule has 0 bridgehead atoms. The van der Waals surface area contributed by atoms with Gasteiger partial charge in [-0.2, -0.15) is 0 Å². The molecule has 0 spiro atoms. The van der Waals surface area contributed by atoms with E-state index in [-0.39, 0.29) is 5.54 Å². The van der Waals surface area contributed by atoms with Gasteiger partial charge in [-0.25, -0.2) is 0 Å². The third kappa shape index (κ3) is 2.99. The molecule has 17 heavy (non-hydrogen) atoms. The predicted molar refractivity (Wildman–Crippen MR) is 68.1 cm³/mol. The van der Waals surface area contributed by atoms with Gasteiger partial charge in [0.15, 0.2) is 0 Å². The van der Waals surface area contributed by atoms with Crippen LogP contribution in [-0.2, 0) is 9.47 Å². The normalized spacial score (nSPS) is 36.7. The molecule has 1 aliphatic carbocycles. The van der Waals surface area contributed by atoms with Crippen LogP contribution in [-0.4, -0.2) is 56.5 Å². The van der Waals surface area contributed by atoms with Crippen LogP contribution in [0.25, 0.3) is 0 Å². The molecule has 0 aromatic carbocycles. The molecule has 0 amide bonds. The lowest BCUT2D eigenvalue weighted by Gasteiger charge is -2.47. The molecular formula is C13H26N2O2. The average Bonchev–Trinajstić information content (AvgIpc) is 2.68. The second kappa shape index (κ2) is 6.14. The second-order valence-electron chi connectivity index (χ2n) is 5.34. The number of methoxy groups -OCH3 is 1. The van der Waals surface area contributed by atoms with Gasteiger partial charge in [-0.15, -0.1) is 0 Å². The molecule has 1 saturated heterocycles. The van der Waals surface area contributed by atoms with Crippen LogP contribution in [0.4, 0.5) is 0 Å². The van der Waals surface area contributed by atoms with E-state index in [9.17, 15) is 0 Å². The van der Waals surface area contributed by atoms with Crippen LogP contribution in [0.15, 0.2) is 0 Å². The van der Waals surface area contributed by atoms with Gasteiger partial charge >= 0.3 is 0 Å². The molecule has 0 radical (unpaired) electrons. The Morgan fingerprint density at radius 1 is 1.35 bits per heavy atom. The van der Waals surface area contributed by atoms with Crippen LogP contribution < -0.4 is 5.73 Å². The molecular weight excluding hydrogens is 216 g/mol. The van der Waals surface area contributed by atoms with Crippen molar-refractivity contribution in [2.45, 2.75) is 43.7 Å². The van der Waals surface area contributed by atoms with E-state index >= 15 is 0 Å². The van der Waals surface area contributed by atoms with Crippen molar-refractivity contribution in [3.63, 3.8) is 0 Å². The van der Waals surface area contributed by atoms with E-state index < -0.39 is 0 Å². The second-order valence-corrected chi connectivity index (χ2v) is 5.34. The summed E-state index contributed by atoms with van der Waals surface area (Å²) in [5, 5.41) is 0. The van der Waals surface area contributed by atoms with Crippen LogP contribution in [0.3, 0.4) is 0 Å². The quantitative estimate of drug-likeness (QED) is 0.802. The van der Waals surface area contributed by atoms with Crippen molar-refractivity contribution in [1.82, 2.24) is 4.90 Å². The predicted octanol–water partition coefficient (Wildman–Crippen LogP) is 0.995. The fourth-order valence-corrected chi connectivity index (χ4v) is 3.31. The van der Waals surface area contributed by atoms with Gasteiger partial charge in [-0.3, -0.25) is 4.90 Å². The highest BCUT2D eigenvalue weighted by molar-refractivity contribution is 4.97. The first-order valence-electron chi connectivity index (χ1n) is 6.86. The lowest BCUT2D eigenvalue weighted by molar-refractivity contribution is -0.0225. The van der Waals surface area contributed by atoms with E-state index in [1.807, 2.05) is 7.11 Å². The minimum atomic E-state index is 0.159. The summed E-state index contributed by atoms with van der Waals surface area (Å²) >= 11 is 0. The van der Waals surface area contributed by atoms with Crippen molar-refractivity contribution in [2.75, 3.05) is 40.0 Å². The van der Waals surface area contributed by atoms with E-state index in [2.05, 4.69) is 4.90 Å². The Morgan fingerprint density at radius 3 is 3.00 bits per heavy atom. The zero-order valence-corrected chi connectivity index (χ0v) is 11.0. The first-order valence-corrected chi connectivity index (χ1v) is 6.86. The van der Waals surface area contributed by atoms with Gasteiger partial charge in [0, 0.05) is 38.9 Å². The Bertz CT molecular complexity index is 229. The fourth-order valence-electron chi connectivity index (χ4n) is 3.31. The van der Waals surface area contributed by atoms with Crippen molar-refractivity contribution in [3.8, 4) is 0 Å². The lowest BCUT2D eigenvalue weighted by atomic mass is 9.78. The van der Waals surface area contributed by atoms with Crippen LogP contribution >= 0.6 is 0 Å². The summed E-state index contributed by atoms with van der Waals surface area (Å²) in [5.74, 6) is 0. The average molecular weight is 242 g/mol. The van der Waals surface area contributed by atoms with Crippen LogP contribution in [0.1, 0.15) is 32.1 Å². The van der Waals surface area contributed by atoms with Gasteiger partial charge in [0.1, 0.15) is 0 Å². The van der Waals surface area contributed by atoms with Crippen molar-refractivity contribution >= 4 is 0 Å². The molecule has 100 valence electrons. The summed E-state index contributed by atoms with van der Waals surface area (Å²) in [5.41, 5.74) is 6.26. The molecule has 2 unspecified atom stereocenters. The lowest BCUT2D eigenvalue weighted by Crippen LogP contribution is -2.58. The standard InChI is InChI=1S/C13H26N2O2/c1-16-12-4-2-5-13(10-12,11-14)15-6-3-8-17-9-7-15/h12H,2-11,14H2,1H3. The van der Waals surface area contributed by atoms with Crippen LogP contribution in [0.5, 0.6) is 0 Å². The van der Waals surface area contributed by atoms with Crippen molar-refractivity contribution in [3.05, 3.63) is 0 Å². The summed E-state index contributed by atoms with van der Waals surface area (Å²) in [7, 11) is 1.82. The van der Waals surface area contributed by atoms with E-state index in [0.29, 0.717) is 6.10 Å². The molecule has 0 aromatic heterocycles. The molecule has 2 fully saturated rings. The number of nitrogens with two attached hydrogens (primary N) is 1. The molecule has 2 rings (SSSR count). The van der Waals surface area contributed by atoms with Crippen molar-refractivity contribution in [2.24, 2.45) is 5.73 Å². The highest BCUT2D eigenvalue weighted by Gasteiger charge is 2.40. The summed E-state index contributed by atoms with van der Waals surface area (Å²) in [6.45, 7) is 4.62. The van der Waals surface area contributed by atoms with Gasteiger partial charge in [0.25, 0.3) is 0 Å². The first-order chi connectivity index (χ1) is 8.30. The zero-order valence-electron chi connectivity index (χ0n) is 11.0. The summed E-state index contributed by atoms with van der Waals surface area (Å²) < 4.78 is 11.1. The van der Waals surface area contributed by atoms with Crippen LogP contribution in [0.2, 0.25) is 0 Å². The number of hydrogen-bond acceptors (Lipinski definition) is 4. The van der Waals surface area contributed by atoms with Gasteiger partial charge in [-0.05, 0) is 32.1 Å². The van der Waals surface area contributed by atoms with E-state index in [1.165, 1.54) is 19.3 Å². The SMILES string of the molecule is COC1CCCC(CN)(N2CCCOCC2)C1. The molecule has 1 heterocycles. The molecule has 2 N–H and O–H groups in total. The fraction of sp³-hybridized carbons (Fsp3) is 1.00. The van der Waals surface area contributed by atoms with Crippen molar-refractivity contribution in [1.29, 1.82) is 0 Å². The monoisotopic (exact) mass is 242 g/mol. The van der Waals surface area contributed by atoms with E-state index in [1.54, 1.807) is 0 Å². The van der Waals surface area contributed by atoms with Crippen LogP contribution in [0, 0.1) is 0 Å². The molecule has 1 aliphatic heterocycles. The topological polar surface area (TPSA) is 47.7 Å². The highest BCUT2D eigenvalue weighted by atomic mass is 16.5. The minimum Gasteiger partial charge on any atom is -0.381 e. The summed E-state index contributed by atoms with van der Waals surface area (Å²) in [6, 6.07) is 0. The third-order valence-corrected chi connectivity index (χ3v) is 4.38. The maximum atomic E-state index is 6.10. The third-order valence-electron chi connectivity index (χ3n) is 4.38. The highest BCUT2D eigenvalue weighted by Crippen LogP contribution is 2.34. The van der Waals surface area contributed by atoms with Gasteiger partial charge in [0.2, 0.25) is 0 Å². The summed E-state index contributed by atoms with van der Waals surface area (Å²) in [4.78, 5) is 2.56. The van der Waals surface area contributed by atoms with Crippen molar-refractivity contribution < 1.29 is 9.47 Å². The number of ether oxygens (including phenoxy) is 2. The molecule has 4 heteroatoms. The Balaban J connectivity index is 2.05. The molecule has 2 atom stereocenters. The van der Waals surface area contributed by atoms with E-state index in [4.69, 9.17) is 15.2 Å². The first kappa shape index (κ1) is 13.3. The van der Waals surface area contributed by atoms with Gasteiger partial charge < -0.3 is 15.2 Å². The number of rotatable bonds is 3. The van der Waals surface area contributed by atoms with Gasteiger partial charge in [-0.1, -0.05) is 0 Å². The Hall–Kier alpha value is -0.160. The molecule has 0 aromatic rings. The Kier molecular flexibility index (Phi) is 4.79.